The van der Waals surface area contributed by atoms with Gasteiger partial charge in [-0.2, -0.15) is 0 Å². The molecule has 0 atom stereocenters. The molecule has 92 valence electrons. The van der Waals surface area contributed by atoms with Crippen molar-refractivity contribution in [1.82, 2.24) is 5.32 Å². The second-order valence-electron chi connectivity index (χ2n) is 3.80. The maximum absolute atomic E-state index is 3.97. The summed E-state index contributed by atoms with van der Waals surface area (Å²) in [5.74, 6) is 0. The Morgan fingerprint density at radius 1 is 1.06 bits per heavy atom. The summed E-state index contributed by atoms with van der Waals surface area (Å²) in [6, 6.07) is 0. The molecule has 1 N–H and O–H groups in total. The van der Waals surface area contributed by atoms with Gasteiger partial charge in [0.25, 0.3) is 0 Å². The fourth-order valence-corrected chi connectivity index (χ4v) is 1.17. The molecule has 0 aromatic rings. The van der Waals surface area contributed by atoms with Crippen molar-refractivity contribution < 1.29 is 0 Å². The summed E-state index contributed by atoms with van der Waals surface area (Å²) in [7, 11) is 0. The Hall–Kier alpha value is -1.76. The molecule has 0 saturated carbocycles. The van der Waals surface area contributed by atoms with Gasteiger partial charge in [0.15, 0.2) is 0 Å². The predicted molar refractivity (Wildman–Crippen MR) is 78.6 cm³/mol. The third kappa shape index (κ3) is 5.76. The molecule has 0 rings (SSSR count). The second-order valence-corrected chi connectivity index (χ2v) is 3.80. The molecule has 1 nitrogen and oxygen atoms in total. The van der Waals surface area contributed by atoms with Gasteiger partial charge in [-0.05, 0) is 51.0 Å². The minimum atomic E-state index is 1.00. The number of hydrogen-bond acceptors (Lipinski definition) is 1. The van der Waals surface area contributed by atoms with Gasteiger partial charge in [-0.3, -0.25) is 0 Å². The lowest BCUT2D eigenvalue weighted by molar-refractivity contribution is 0.984. The van der Waals surface area contributed by atoms with E-state index in [0.29, 0.717) is 0 Å². The standard InChI is InChI=1S/C16H23N/c1-7-10-12-15(13(4)5)17-16(11-8-2)14(6)9-3/h7-12,17H,2,4H2,1,3,5-6H3/b10-7-,14-9-,15-12+,16-11+. The van der Waals surface area contributed by atoms with E-state index in [4.69, 9.17) is 0 Å². The fraction of sp³-hybridized carbons (Fsp3) is 0.250. The predicted octanol–water partition coefficient (Wildman–Crippen LogP) is 4.65. The van der Waals surface area contributed by atoms with Crippen LogP contribution in [0.3, 0.4) is 0 Å². The Labute approximate surface area is 106 Å². The minimum Gasteiger partial charge on any atom is -0.355 e. The normalized spacial score (nSPS) is 14.0. The molecule has 0 bridgehead atoms. The highest BCUT2D eigenvalue weighted by Crippen LogP contribution is 2.12. The quantitative estimate of drug-likeness (QED) is 0.654. The van der Waals surface area contributed by atoms with Gasteiger partial charge in [0.05, 0.1) is 0 Å². The van der Waals surface area contributed by atoms with Crippen LogP contribution in [-0.2, 0) is 0 Å². The summed E-state index contributed by atoms with van der Waals surface area (Å²) in [6.07, 6.45) is 11.8. The average Bonchev–Trinajstić information content (AvgIpc) is 2.31. The molecule has 0 amide bonds. The molecule has 0 aliphatic rings. The van der Waals surface area contributed by atoms with Crippen molar-refractivity contribution in [2.24, 2.45) is 0 Å². The van der Waals surface area contributed by atoms with E-state index < -0.39 is 0 Å². The van der Waals surface area contributed by atoms with Crippen molar-refractivity contribution in [1.29, 1.82) is 0 Å². The molecule has 0 heterocycles. The smallest absolute Gasteiger partial charge is 0.0410 e. The van der Waals surface area contributed by atoms with Gasteiger partial charge in [-0.15, -0.1) is 0 Å². The zero-order valence-electron chi connectivity index (χ0n) is 11.4. The first-order chi connectivity index (χ1) is 8.06. The summed E-state index contributed by atoms with van der Waals surface area (Å²) in [4.78, 5) is 0. The lowest BCUT2D eigenvalue weighted by atomic mass is 10.1. The largest absolute Gasteiger partial charge is 0.355 e. The average molecular weight is 229 g/mol. The van der Waals surface area contributed by atoms with E-state index in [1.807, 2.05) is 45.1 Å². The van der Waals surface area contributed by atoms with Crippen LogP contribution in [0.2, 0.25) is 0 Å². The van der Waals surface area contributed by atoms with Gasteiger partial charge in [-0.1, -0.05) is 37.5 Å². The zero-order valence-corrected chi connectivity index (χ0v) is 11.4. The number of rotatable bonds is 6. The van der Waals surface area contributed by atoms with Crippen LogP contribution in [0.5, 0.6) is 0 Å². The maximum Gasteiger partial charge on any atom is 0.0410 e. The van der Waals surface area contributed by atoms with E-state index in [1.165, 1.54) is 5.57 Å². The fourth-order valence-electron chi connectivity index (χ4n) is 1.17. The van der Waals surface area contributed by atoms with E-state index in [0.717, 1.165) is 17.0 Å². The molecular formula is C16H23N. The van der Waals surface area contributed by atoms with Gasteiger partial charge in [0, 0.05) is 11.4 Å². The number of nitrogens with one attached hydrogen (secondary N) is 1. The number of hydrogen-bond donors (Lipinski definition) is 1. The molecule has 0 fully saturated rings. The highest BCUT2D eigenvalue weighted by atomic mass is 14.9. The number of allylic oxidation sites excluding steroid dienone is 8. The van der Waals surface area contributed by atoms with Crippen LogP contribution in [0.1, 0.15) is 27.7 Å². The van der Waals surface area contributed by atoms with Crippen LogP contribution in [0.15, 0.2) is 72.2 Å². The van der Waals surface area contributed by atoms with Crippen LogP contribution in [0.25, 0.3) is 0 Å². The SMILES string of the molecule is C=C/C=C(N/C(=C/C=C\C)C(=C)C)\C(C)=C/C. The summed E-state index contributed by atoms with van der Waals surface area (Å²) in [5, 5.41) is 3.37. The first kappa shape index (κ1) is 15.2. The molecule has 0 saturated heterocycles. The van der Waals surface area contributed by atoms with Gasteiger partial charge < -0.3 is 5.32 Å². The highest BCUT2D eigenvalue weighted by molar-refractivity contribution is 5.38. The van der Waals surface area contributed by atoms with Crippen molar-refractivity contribution in [2.45, 2.75) is 27.7 Å². The van der Waals surface area contributed by atoms with Crippen LogP contribution in [0, 0.1) is 0 Å². The van der Waals surface area contributed by atoms with Crippen molar-refractivity contribution in [3.05, 3.63) is 72.2 Å². The Balaban J connectivity index is 5.14. The topological polar surface area (TPSA) is 12.0 Å². The first-order valence-electron chi connectivity index (χ1n) is 5.78. The molecule has 0 aliphatic heterocycles. The van der Waals surface area contributed by atoms with Crippen molar-refractivity contribution in [2.75, 3.05) is 0 Å². The van der Waals surface area contributed by atoms with Gasteiger partial charge in [0.2, 0.25) is 0 Å². The monoisotopic (exact) mass is 229 g/mol. The Bertz CT molecular complexity index is 390. The first-order valence-corrected chi connectivity index (χ1v) is 5.78. The van der Waals surface area contributed by atoms with E-state index in [2.05, 4.69) is 31.5 Å². The molecule has 0 unspecified atom stereocenters. The van der Waals surface area contributed by atoms with Gasteiger partial charge >= 0.3 is 0 Å². The van der Waals surface area contributed by atoms with Crippen LogP contribution in [-0.4, -0.2) is 0 Å². The zero-order chi connectivity index (χ0) is 13.3. The highest BCUT2D eigenvalue weighted by Gasteiger charge is 2.02. The van der Waals surface area contributed by atoms with E-state index in [9.17, 15) is 0 Å². The Morgan fingerprint density at radius 3 is 2.12 bits per heavy atom. The maximum atomic E-state index is 3.97. The van der Waals surface area contributed by atoms with Crippen LogP contribution in [0.4, 0.5) is 0 Å². The summed E-state index contributed by atoms with van der Waals surface area (Å²) in [5.41, 5.74) is 4.23. The molecule has 17 heavy (non-hydrogen) atoms. The molecule has 0 aromatic heterocycles. The lowest BCUT2D eigenvalue weighted by Crippen LogP contribution is -2.14. The van der Waals surface area contributed by atoms with E-state index >= 15 is 0 Å². The Kier molecular flexibility index (Phi) is 7.53. The Morgan fingerprint density at radius 2 is 1.71 bits per heavy atom. The molecule has 0 aliphatic carbocycles. The molecule has 1 heteroatoms. The van der Waals surface area contributed by atoms with Crippen molar-refractivity contribution in [3.63, 3.8) is 0 Å². The van der Waals surface area contributed by atoms with E-state index in [-0.39, 0.29) is 0 Å². The van der Waals surface area contributed by atoms with Gasteiger partial charge in [-0.25, -0.2) is 0 Å². The summed E-state index contributed by atoms with van der Waals surface area (Å²) < 4.78 is 0. The molecular weight excluding hydrogens is 206 g/mol. The minimum absolute atomic E-state index is 1.00. The molecule has 0 spiro atoms. The van der Waals surface area contributed by atoms with Crippen molar-refractivity contribution >= 4 is 0 Å². The lowest BCUT2D eigenvalue weighted by Gasteiger charge is -2.14. The third-order valence-electron chi connectivity index (χ3n) is 2.33. The van der Waals surface area contributed by atoms with Crippen molar-refractivity contribution in [3.8, 4) is 0 Å². The van der Waals surface area contributed by atoms with Crippen LogP contribution < -0.4 is 5.32 Å². The second kappa shape index (κ2) is 8.40. The molecule has 0 radical (unpaired) electrons. The molecule has 0 aromatic carbocycles. The van der Waals surface area contributed by atoms with Crippen LogP contribution >= 0.6 is 0 Å². The van der Waals surface area contributed by atoms with Gasteiger partial charge in [0.1, 0.15) is 0 Å². The summed E-state index contributed by atoms with van der Waals surface area (Å²) >= 11 is 0. The van der Waals surface area contributed by atoms with E-state index in [1.54, 1.807) is 6.08 Å². The summed E-state index contributed by atoms with van der Waals surface area (Å²) in [6.45, 7) is 15.8. The third-order valence-corrected chi connectivity index (χ3v) is 2.33.